The molecule has 0 aromatic heterocycles. The van der Waals surface area contributed by atoms with Crippen LogP contribution in [0.25, 0.3) is 10.8 Å². The van der Waals surface area contributed by atoms with Crippen molar-refractivity contribution in [3.05, 3.63) is 99.8 Å². The summed E-state index contributed by atoms with van der Waals surface area (Å²) in [5.74, 6) is 0. The Kier molecular flexibility index (Phi) is 6.06. The lowest BCUT2D eigenvalue weighted by Crippen LogP contribution is -2.27. The Hall–Kier alpha value is -3.73. The van der Waals surface area contributed by atoms with E-state index in [1.54, 1.807) is 12.1 Å². The van der Waals surface area contributed by atoms with Crippen LogP contribution in [0.5, 0.6) is 0 Å². The molecule has 190 valence electrons. The van der Waals surface area contributed by atoms with Crippen molar-refractivity contribution in [2.45, 2.75) is 58.3 Å². The molecule has 3 aromatic carbocycles. The molecule has 0 atom stereocenters. The third-order valence-corrected chi connectivity index (χ3v) is 8.22. The van der Waals surface area contributed by atoms with E-state index in [9.17, 15) is 10.1 Å². The predicted molar refractivity (Wildman–Crippen MR) is 153 cm³/mol. The van der Waals surface area contributed by atoms with Crippen molar-refractivity contribution in [1.82, 2.24) is 0 Å². The molecule has 0 bridgehead atoms. The van der Waals surface area contributed by atoms with E-state index in [0.717, 1.165) is 30.6 Å². The van der Waals surface area contributed by atoms with E-state index < -0.39 is 0 Å². The fourth-order valence-corrected chi connectivity index (χ4v) is 6.26. The summed E-state index contributed by atoms with van der Waals surface area (Å²) in [5, 5.41) is 14.1. The number of nitrogens with zero attached hydrogens (tertiary/aromatic N) is 3. The molecule has 0 fully saturated rings. The number of unbranched alkanes of at least 4 members (excludes halogenated alkanes) is 1. The van der Waals surface area contributed by atoms with E-state index in [1.165, 1.54) is 33.4 Å². The van der Waals surface area contributed by atoms with Gasteiger partial charge >= 0.3 is 0 Å². The second-order valence-corrected chi connectivity index (χ2v) is 11.2. The third kappa shape index (κ3) is 3.88. The molecule has 5 heteroatoms. The Morgan fingerprint density at radius 3 is 2.51 bits per heavy atom. The van der Waals surface area contributed by atoms with Gasteiger partial charge in [-0.15, -0.1) is 0 Å². The van der Waals surface area contributed by atoms with E-state index in [1.807, 2.05) is 6.07 Å². The van der Waals surface area contributed by atoms with Gasteiger partial charge in [-0.1, -0.05) is 57.5 Å². The van der Waals surface area contributed by atoms with Crippen molar-refractivity contribution in [2.24, 2.45) is 0 Å². The predicted octanol–water partition coefficient (Wildman–Crippen LogP) is 7.79. The Morgan fingerprint density at radius 1 is 1.03 bits per heavy atom. The summed E-state index contributed by atoms with van der Waals surface area (Å²) >= 11 is 0. The maximum Gasteiger partial charge on any atom is 0.269 e. The smallest absolute Gasteiger partial charge is 0.269 e. The number of hydrogen-bond donors (Lipinski definition) is 0. The van der Waals surface area contributed by atoms with Gasteiger partial charge in [0.2, 0.25) is 5.69 Å². The zero-order valence-electron chi connectivity index (χ0n) is 22.7. The molecule has 2 aliphatic rings. The molecule has 0 unspecified atom stereocenters. The molecule has 2 heterocycles. The first-order valence-electron chi connectivity index (χ1n) is 13.2. The summed E-state index contributed by atoms with van der Waals surface area (Å²) in [4.78, 5) is 13.5. The zero-order chi connectivity index (χ0) is 26.5. The van der Waals surface area contributed by atoms with Gasteiger partial charge in [0.1, 0.15) is 7.05 Å². The number of anilines is 1. The molecular formula is C32H36N3O2+. The van der Waals surface area contributed by atoms with Gasteiger partial charge in [0.25, 0.3) is 5.69 Å². The first-order valence-corrected chi connectivity index (χ1v) is 13.2. The maximum absolute atomic E-state index is 11.5. The van der Waals surface area contributed by atoms with Gasteiger partial charge in [0, 0.05) is 53.2 Å². The second kappa shape index (κ2) is 8.98. The SMILES string of the molecule is CCCCN1C(=CC=CC2=[N+](C)c3ccc4ccccc4c3C2(C)C)C(C)(C)c2cc([N+](=O)[O-])ccc21. The molecule has 2 aliphatic heterocycles. The van der Waals surface area contributed by atoms with Crippen molar-refractivity contribution in [3.63, 3.8) is 0 Å². The van der Waals surface area contributed by atoms with Crippen LogP contribution < -0.4 is 4.90 Å². The molecule has 0 saturated carbocycles. The average molecular weight is 495 g/mol. The van der Waals surface area contributed by atoms with E-state index >= 15 is 0 Å². The number of non-ortho nitro benzene ring substituents is 1. The Labute approximate surface area is 219 Å². The molecule has 0 N–H and O–H groups in total. The molecule has 3 aromatic rings. The summed E-state index contributed by atoms with van der Waals surface area (Å²) in [6.45, 7) is 12.0. The van der Waals surface area contributed by atoms with Crippen molar-refractivity contribution >= 4 is 33.5 Å². The van der Waals surface area contributed by atoms with Crippen molar-refractivity contribution < 1.29 is 9.50 Å². The van der Waals surface area contributed by atoms with Crippen LogP contribution in [0.2, 0.25) is 0 Å². The van der Waals surface area contributed by atoms with Gasteiger partial charge in [-0.05, 0) is 54.8 Å². The first kappa shape index (κ1) is 24.9. The highest BCUT2D eigenvalue weighted by Gasteiger charge is 2.44. The maximum atomic E-state index is 11.5. The van der Waals surface area contributed by atoms with Crippen LogP contribution in [0.15, 0.2) is 78.5 Å². The van der Waals surface area contributed by atoms with Gasteiger partial charge in [-0.25, -0.2) is 0 Å². The Balaban J connectivity index is 1.55. The first-order chi connectivity index (χ1) is 17.6. The van der Waals surface area contributed by atoms with Crippen LogP contribution in [0, 0.1) is 10.1 Å². The van der Waals surface area contributed by atoms with Crippen LogP contribution in [-0.2, 0) is 10.8 Å². The monoisotopic (exact) mass is 494 g/mol. The molecule has 37 heavy (non-hydrogen) atoms. The third-order valence-electron chi connectivity index (χ3n) is 8.22. The molecule has 0 spiro atoms. The molecule has 5 rings (SSSR count). The van der Waals surface area contributed by atoms with Crippen molar-refractivity contribution in [2.75, 3.05) is 18.5 Å². The lowest BCUT2D eigenvalue weighted by Gasteiger charge is -2.27. The lowest BCUT2D eigenvalue weighted by atomic mass is 9.79. The summed E-state index contributed by atoms with van der Waals surface area (Å²) in [5.41, 5.74) is 6.81. The number of hydrogen-bond acceptors (Lipinski definition) is 3. The van der Waals surface area contributed by atoms with E-state index in [-0.39, 0.29) is 21.4 Å². The Morgan fingerprint density at radius 2 is 1.78 bits per heavy atom. The van der Waals surface area contributed by atoms with Gasteiger partial charge in [0.15, 0.2) is 5.71 Å². The quantitative estimate of drug-likeness (QED) is 0.200. The fraction of sp³-hybridized carbons (Fsp3) is 0.344. The van der Waals surface area contributed by atoms with Crippen LogP contribution in [0.1, 0.15) is 58.6 Å². The highest BCUT2D eigenvalue weighted by molar-refractivity contribution is 6.07. The minimum Gasteiger partial charge on any atom is -0.344 e. The lowest BCUT2D eigenvalue weighted by molar-refractivity contribution is -0.401. The number of fused-ring (bicyclic) bond motifs is 4. The molecule has 0 radical (unpaired) electrons. The van der Waals surface area contributed by atoms with Crippen LogP contribution in [0.3, 0.4) is 0 Å². The standard InChI is InChI=1S/C32H36N3O2/c1-7-8-20-34-26-19-17-23(35(36)37)21-25(26)31(2,3)29(34)15-11-14-28-32(4,5)30-24-13-10-9-12-22(24)16-18-27(30)33(28)6/h9-19,21H,7-8,20H2,1-6H3/q+1. The van der Waals surface area contributed by atoms with E-state index in [2.05, 4.69) is 106 Å². The largest absolute Gasteiger partial charge is 0.344 e. The van der Waals surface area contributed by atoms with Gasteiger partial charge in [0.05, 0.1) is 10.3 Å². The minimum absolute atomic E-state index is 0.142. The number of benzene rings is 3. The minimum atomic E-state index is -0.333. The Bertz CT molecular complexity index is 1510. The summed E-state index contributed by atoms with van der Waals surface area (Å²) in [7, 11) is 2.15. The number of nitro groups is 1. The molecular weight excluding hydrogens is 458 g/mol. The fourth-order valence-electron chi connectivity index (χ4n) is 6.26. The molecule has 0 aliphatic carbocycles. The van der Waals surface area contributed by atoms with E-state index in [0.29, 0.717) is 0 Å². The number of rotatable bonds is 6. The molecule has 5 nitrogen and oxygen atoms in total. The van der Waals surface area contributed by atoms with Crippen LogP contribution in [-0.4, -0.2) is 28.8 Å². The topological polar surface area (TPSA) is 49.4 Å². The van der Waals surface area contributed by atoms with Crippen molar-refractivity contribution in [1.29, 1.82) is 0 Å². The summed E-state index contributed by atoms with van der Waals surface area (Å²) < 4.78 is 2.31. The van der Waals surface area contributed by atoms with Gasteiger partial charge < -0.3 is 4.90 Å². The van der Waals surface area contributed by atoms with Crippen molar-refractivity contribution in [3.8, 4) is 0 Å². The normalized spacial score (nSPS) is 18.8. The van der Waals surface area contributed by atoms with Crippen LogP contribution >= 0.6 is 0 Å². The van der Waals surface area contributed by atoms with Crippen LogP contribution in [0.4, 0.5) is 17.1 Å². The molecule has 0 saturated heterocycles. The number of nitro benzene ring substituents is 1. The summed E-state index contributed by atoms with van der Waals surface area (Å²) in [6.07, 6.45) is 8.76. The van der Waals surface area contributed by atoms with E-state index in [4.69, 9.17) is 0 Å². The van der Waals surface area contributed by atoms with Gasteiger partial charge in [-0.2, -0.15) is 4.58 Å². The average Bonchev–Trinajstić information content (AvgIpc) is 3.21. The number of allylic oxidation sites excluding steroid dienone is 4. The molecule has 0 amide bonds. The highest BCUT2D eigenvalue weighted by Crippen LogP contribution is 2.49. The van der Waals surface area contributed by atoms with Gasteiger partial charge in [-0.3, -0.25) is 10.1 Å². The summed E-state index contributed by atoms with van der Waals surface area (Å²) in [6, 6.07) is 18.3. The zero-order valence-corrected chi connectivity index (χ0v) is 22.7. The second-order valence-electron chi connectivity index (χ2n) is 11.2. The highest BCUT2D eigenvalue weighted by atomic mass is 16.6.